The Morgan fingerprint density at radius 3 is 1.55 bits per heavy atom. The van der Waals surface area contributed by atoms with Crippen LogP contribution < -0.4 is 9.47 Å². The van der Waals surface area contributed by atoms with Gasteiger partial charge in [-0.05, 0) is 25.0 Å². The minimum absolute atomic E-state index is 0.173. The summed E-state index contributed by atoms with van der Waals surface area (Å²) in [4.78, 5) is 24.0. The van der Waals surface area contributed by atoms with Crippen LogP contribution in [0.2, 0.25) is 0 Å². The fourth-order valence-electron chi connectivity index (χ4n) is 2.14. The fourth-order valence-corrected chi connectivity index (χ4v) is 2.14. The first-order valence-corrected chi connectivity index (χ1v) is 8.01. The number of hydrogen-bond acceptors (Lipinski definition) is 4. The first-order chi connectivity index (χ1) is 10.5. The number of benzene rings is 1. The average molecular weight is 306 g/mol. The molecule has 0 radical (unpaired) electrons. The number of rotatable bonds is 8. The first-order valence-electron chi connectivity index (χ1n) is 8.01. The fraction of sp³-hybridized carbons (Fsp3) is 0.556. The predicted octanol–water partition coefficient (Wildman–Crippen LogP) is 4.37. The first kappa shape index (κ1) is 18.2. The summed E-state index contributed by atoms with van der Waals surface area (Å²) in [5.41, 5.74) is 0. The van der Waals surface area contributed by atoms with Crippen LogP contribution in [0, 0.1) is 11.8 Å². The van der Waals surface area contributed by atoms with Crippen LogP contribution in [0.15, 0.2) is 24.3 Å². The van der Waals surface area contributed by atoms with Crippen LogP contribution in [-0.2, 0) is 9.59 Å². The molecule has 0 heterocycles. The van der Waals surface area contributed by atoms with Crippen molar-refractivity contribution in [2.75, 3.05) is 0 Å². The number of para-hydroxylation sites is 2. The quantitative estimate of drug-likeness (QED) is 0.528. The van der Waals surface area contributed by atoms with Crippen molar-refractivity contribution in [3.05, 3.63) is 24.3 Å². The molecule has 0 aliphatic rings. The number of hydrogen-bond donors (Lipinski definition) is 0. The molecule has 22 heavy (non-hydrogen) atoms. The smallest absolute Gasteiger partial charge is 0.314 e. The van der Waals surface area contributed by atoms with Gasteiger partial charge in [0.05, 0.1) is 11.8 Å². The van der Waals surface area contributed by atoms with Gasteiger partial charge in [-0.25, -0.2) is 0 Å². The lowest BCUT2D eigenvalue weighted by molar-refractivity contribution is -0.141. The van der Waals surface area contributed by atoms with Gasteiger partial charge in [-0.15, -0.1) is 0 Å². The second kappa shape index (κ2) is 9.23. The molecule has 0 saturated carbocycles. The van der Waals surface area contributed by atoms with E-state index in [0.29, 0.717) is 11.5 Å². The van der Waals surface area contributed by atoms with Crippen molar-refractivity contribution in [3.63, 3.8) is 0 Å². The number of carbonyl (C=O) groups is 2. The van der Waals surface area contributed by atoms with Gasteiger partial charge in [-0.3, -0.25) is 9.59 Å². The third kappa shape index (κ3) is 5.51. The molecule has 4 heteroatoms. The summed E-state index contributed by atoms with van der Waals surface area (Å²) < 4.78 is 10.8. The molecular formula is C18H26O4. The molecule has 0 aromatic heterocycles. The SMILES string of the molecule is CCCC(C)C(=O)Oc1ccccc1OC(=O)C(C)CCC. The van der Waals surface area contributed by atoms with Crippen molar-refractivity contribution in [1.29, 1.82) is 0 Å². The lowest BCUT2D eigenvalue weighted by Gasteiger charge is -2.14. The summed E-state index contributed by atoms with van der Waals surface area (Å²) in [5, 5.41) is 0. The van der Waals surface area contributed by atoms with Gasteiger partial charge in [0.25, 0.3) is 0 Å². The molecule has 1 aromatic carbocycles. The number of ether oxygens (including phenoxy) is 2. The van der Waals surface area contributed by atoms with Crippen LogP contribution >= 0.6 is 0 Å². The monoisotopic (exact) mass is 306 g/mol. The van der Waals surface area contributed by atoms with Gasteiger partial charge in [0.2, 0.25) is 0 Å². The molecule has 0 saturated heterocycles. The van der Waals surface area contributed by atoms with E-state index in [4.69, 9.17) is 9.47 Å². The minimum Gasteiger partial charge on any atom is -0.422 e. The highest BCUT2D eigenvalue weighted by atomic mass is 16.6. The van der Waals surface area contributed by atoms with Gasteiger partial charge in [-0.2, -0.15) is 0 Å². The topological polar surface area (TPSA) is 52.6 Å². The van der Waals surface area contributed by atoms with Crippen molar-refractivity contribution in [2.24, 2.45) is 11.8 Å². The highest BCUT2D eigenvalue weighted by Gasteiger charge is 2.20. The molecule has 0 bridgehead atoms. The van der Waals surface area contributed by atoms with Crippen molar-refractivity contribution in [3.8, 4) is 11.5 Å². The highest BCUT2D eigenvalue weighted by molar-refractivity contribution is 5.78. The molecule has 0 aliphatic carbocycles. The maximum Gasteiger partial charge on any atom is 0.314 e. The van der Waals surface area contributed by atoms with Crippen LogP contribution in [-0.4, -0.2) is 11.9 Å². The molecule has 0 fully saturated rings. The summed E-state index contributed by atoms with van der Waals surface area (Å²) in [6, 6.07) is 6.78. The van der Waals surface area contributed by atoms with Crippen LogP contribution in [0.3, 0.4) is 0 Å². The van der Waals surface area contributed by atoms with E-state index in [1.807, 2.05) is 27.7 Å². The summed E-state index contributed by atoms with van der Waals surface area (Å²) >= 11 is 0. The molecular weight excluding hydrogens is 280 g/mol. The second-order valence-corrected chi connectivity index (χ2v) is 5.67. The Balaban J connectivity index is 2.77. The molecule has 1 rings (SSSR count). The van der Waals surface area contributed by atoms with Gasteiger partial charge in [0.15, 0.2) is 11.5 Å². The molecule has 2 atom stereocenters. The van der Waals surface area contributed by atoms with E-state index in [1.54, 1.807) is 24.3 Å². The van der Waals surface area contributed by atoms with E-state index in [-0.39, 0.29) is 23.8 Å². The summed E-state index contributed by atoms with van der Waals surface area (Å²) in [7, 11) is 0. The van der Waals surface area contributed by atoms with E-state index >= 15 is 0 Å². The Hall–Kier alpha value is -1.84. The summed E-state index contributed by atoms with van der Waals surface area (Å²) in [6.07, 6.45) is 3.38. The molecule has 2 unspecified atom stereocenters. The minimum atomic E-state index is -0.299. The largest absolute Gasteiger partial charge is 0.422 e. The maximum atomic E-state index is 12.0. The van der Waals surface area contributed by atoms with Crippen LogP contribution in [0.1, 0.15) is 53.4 Å². The highest BCUT2D eigenvalue weighted by Crippen LogP contribution is 2.28. The summed E-state index contributed by atoms with van der Waals surface area (Å²) in [6.45, 7) is 7.72. The second-order valence-electron chi connectivity index (χ2n) is 5.67. The van der Waals surface area contributed by atoms with E-state index in [1.165, 1.54) is 0 Å². The predicted molar refractivity (Wildman–Crippen MR) is 85.9 cm³/mol. The Bertz CT molecular complexity index is 451. The van der Waals surface area contributed by atoms with Crippen molar-refractivity contribution >= 4 is 11.9 Å². The zero-order chi connectivity index (χ0) is 16.5. The Morgan fingerprint density at radius 2 is 1.23 bits per heavy atom. The third-order valence-electron chi connectivity index (χ3n) is 3.52. The number of carbonyl (C=O) groups excluding carboxylic acids is 2. The van der Waals surface area contributed by atoms with Crippen LogP contribution in [0.25, 0.3) is 0 Å². The molecule has 1 aromatic rings. The summed E-state index contributed by atoms with van der Waals surface area (Å²) in [5.74, 6) is -0.348. The molecule has 122 valence electrons. The van der Waals surface area contributed by atoms with Gasteiger partial charge in [0, 0.05) is 0 Å². The molecule has 0 N–H and O–H groups in total. The van der Waals surface area contributed by atoms with E-state index in [0.717, 1.165) is 25.7 Å². The molecule has 0 spiro atoms. The zero-order valence-electron chi connectivity index (χ0n) is 13.9. The van der Waals surface area contributed by atoms with Gasteiger partial charge in [0.1, 0.15) is 0 Å². The average Bonchev–Trinajstić information content (AvgIpc) is 2.49. The maximum absolute atomic E-state index is 12.0. The number of esters is 2. The van der Waals surface area contributed by atoms with Crippen molar-refractivity contribution in [2.45, 2.75) is 53.4 Å². The normalized spacial score (nSPS) is 13.3. The van der Waals surface area contributed by atoms with E-state index in [2.05, 4.69) is 0 Å². The Morgan fingerprint density at radius 1 is 0.864 bits per heavy atom. The Kier molecular flexibility index (Phi) is 7.64. The van der Waals surface area contributed by atoms with E-state index in [9.17, 15) is 9.59 Å². The molecule has 0 amide bonds. The van der Waals surface area contributed by atoms with Gasteiger partial charge in [-0.1, -0.05) is 52.7 Å². The molecule has 0 aliphatic heterocycles. The standard InChI is InChI=1S/C18H26O4/c1-5-9-13(3)17(19)21-15-11-7-8-12-16(15)22-18(20)14(4)10-6-2/h7-8,11-14H,5-6,9-10H2,1-4H3. The van der Waals surface area contributed by atoms with Crippen LogP contribution in [0.4, 0.5) is 0 Å². The van der Waals surface area contributed by atoms with Crippen LogP contribution in [0.5, 0.6) is 11.5 Å². The Labute approximate surface area is 132 Å². The lowest BCUT2D eigenvalue weighted by atomic mass is 10.1. The van der Waals surface area contributed by atoms with Gasteiger partial charge >= 0.3 is 11.9 Å². The zero-order valence-corrected chi connectivity index (χ0v) is 13.9. The van der Waals surface area contributed by atoms with Crippen molar-refractivity contribution in [1.82, 2.24) is 0 Å². The lowest BCUT2D eigenvalue weighted by Crippen LogP contribution is -2.20. The third-order valence-corrected chi connectivity index (χ3v) is 3.52. The van der Waals surface area contributed by atoms with Crippen molar-refractivity contribution < 1.29 is 19.1 Å². The van der Waals surface area contributed by atoms with Gasteiger partial charge < -0.3 is 9.47 Å². The van der Waals surface area contributed by atoms with E-state index < -0.39 is 0 Å². The molecule has 4 nitrogen and oxygen atoms in total.